The van der Waals surface area contributed by atoms with Crippen LogP contribution in [0.3, 0.4) is 0 Å². The molecule has 0 aliphatic carbocycles. The standard InChI is InChI=1S/C14H17N3O4S/c1-2-17(8-7-13(19)20)12(18)6-5-11-15-14(16-21-11)10-4-3-9-22-10/h3-4,9H,2,5-8H2,1H3,(H,19,20). The van der Waals surface area contributed by atoms with Gasteiger partial charge in [-0.3, -0.25) is 9.59 Å². The number of aromatic nitrogens is 2. The smallest absolute Gasteiger partial charge is 0.305 e. The van der Waals surface area contributed by atoms with Crippen molar-refractivity contribution in [1.29, 1.82) is 0 Å². The van der Waals surface area contributed by atoms with E-state index in [1.165, 1.54) is 16.2 Å². The van der Waals surface area contributed by atoms with Crippen molar-refractivity contribution in [2.45, 2.75) is 26.2 Å². The molecule has 0 bridgehead atoms. The lowest BCUT2D eigenvalue weighted by Gasteiger charge is -2.19. The Morgan fingerprint density at radius 2 is 2.23 bits per heavy atom. The first kappa shape index (κ1) is 16.2. The summed E-state index contributed by atoms with van der Waals surface area (Å²) < 4.78 is 5.13. The molecule has 8 heteroatoms. The molecule has 118 valence electrons. The van der Waals surface area contributed by atoms with Crippen LogP contribution in [0.5, 0.6) is 0 Å². The van der Waals surface area contributed by atoms with E-state index in [0.29, 0.717) is 24.7 Å². The van der Waals surface area contributed by atoms with Crippen molar-refractivity contribution >= 4 is 23.2 Å². The van der Waals surface area contributed by atoms with Crippen molar-refractivity contribution in [3.63, 3.8) is 0 Å². The zero-order valence-electron chi connectivity index (χ0n) is 12.2. The quantitative estimate of drug-likeness (QED) is 0.798. The van der Waals surface area contributed by atoms with Crippen LogP contribution in [0.4, 0.5) is 0 Å². The van der Waals surface area contributed by atoms with Crippen molar-refractivity contribution in [3.05, 3.63) is 23.4 Å². The van der Waals surface area contributed by atoms with E-state index >= 15 is 0 Å². The van der Waals surface area contributed by atoms with Gasteiger partial charge in [-0.1, -0.05) is 11.2 Å². The molecule has 22 heavy (non-hydrogen) atoms. The number of rotatable bonds is 8. The van der Waals surface area contributed by atoms with E-state index in [1.54, 1.807) is 0 Å². The fourth-order valence-corrected chi connectivity index (χ4v) is 2.57. The van der Waals surface area contributed by atoms with E-state index in [1.807, 2.05) is 24.4 Å². The number of hydrogen-bond acceptors (Lipinski definition) is 6. The van der Waals surface area contributed by atoms with Gasteiger partial charge < -0.3 is 14.5 Å². The van der Waals surface area contributed by atoms with E-state index in [9.17, 15) is 9.59 Å². The Balaban J connectivity index is 1.86. The molecule has 0 aliphatic rings. The summed E-state index contributed by atoms with van der Waals surface area (Å²) in [6, 6.07) is 3.80. The van der Waals surface area contributed by atoms with Gasteiger partial charge in [-0.2, -0.15) is 4.98 Å². The predicted molar refractivity (Wildman–Crippen MR) is 80.4 cm³/mol. The zero-order chi connectivity index (χ0) is 15.9. The molecule has 0 fully saturated rings. The molecule has 0 saturated heterocycles. The van der Waals surface area contributed by atoms with Gasteiger partial charge in [0.05, 0.1) is 11.3 Å². The summed E-state index contributed by atoms with van der Waals surface area (Å²) in [5.41, 5.74) is 0. The molecule has 0 saturated carbocycles. The number of carbonyl (C=O) groups excluding carboxylic acids is 1. The summed E-state index contributed by atoms with van der Waals surface area (Å²) in [6.07, 6.45) is 0.517. The Bertz CT molecular complexity index is 624. The van der Waals surface area contributed by atoms with Crippen LogP contribution in [0, 0.1) is 0 Å². The van der Waals surface area contributed by atoms with Gasteiger partial charge in [-0.05, 0) is 18.4 Å². The first-order valence-corrected chi connectivity index (χ1v) is 7.84. The highest BCUT2D eigenvalue weighted by molar-refractivity contribution is 7.13. The number of carbonyl (C=O) groups is 2. The maximum absolute atomic E-state index is 12.0. The molecule has 7 nitrogen and oxygen atoms in total. The zero-order valence-corrected chi connectivity index (χ0v) is 13.0. The molecule has 0 atom stereocenters. The fraction of sp³-hybridized carbons (Fsp3) is 0.429. The first-order chi connectivity index (χ1) is 10.6. The molecule has 2 heterocycles. The number of thiophene rings is 1. The van der Waals surface area contributed by atoms with Crippen LogP contribution < -0.4 is 0 Å². The molecular formula is C14H17N3O4S. The van der Waals surface area contributed by atoms with Gasteiger partial charge in [0.2, 0.25) is 17.6 Å². The highest BCUT2D eigenvalue weighted by Crippen LogP contribution is 2.21. The van der Waals surface area contributed by atoms with Crippen LogP contribution in [0.2, 0.25) is 0 Å². The molecule has 1 amide bonds. The molecule has 2 rings (SSSR count). The topological polar surface area (TPSA) is 96.5 Å². The maximum atomic E-state index is 12.0. The lowest BCUT2D eigenvalue weighted by atomic mass is 10.2. The summed E-state index contributed by atoms with van der Waals surface area (Å²) in [6.45, 7) is 2.52. The number of carboxylic acids is 1. The van der Waals surface area contributed by atoms with Crippen LogP contribution >= 0.6 is 11.3 Å². The Morgan fingerprint density at radius 3 is 2.86 bits per heavy atom. The van der Waals surface area contributed by atoms with Crippen LogP contribution in [0.15, 0.2) is 22.0 Å². The minimum atomic E-state index is -0.913. The van der Waals surface area contributed by atoms with E-state index < -0.39 is 5.97 Å². The van der Waals surface area contributed by atoms with Gasteiger partial charge in [-0.25, -0.2) is 0 Å². The van der Waals surface area contributed by atoms with Crippen molar-refractivity contribution in [3.8, 4) is 10.7 Å². The Hall–Kier alpha value is -2.22. The Labute approximate surface area is 131 Å². The number of aryl methyl sites for hydroxylation is 1. The average Bonchev–Trinajstić information content (AvgIpc) is 3.16. The van der Waals surface area contributed by atoms with E-state index in [-0.39, 0.29) is 25.3 Å². The lowest BCUT2D eigenvalue weighted by Crippen LogP contribution is -2.33. The van der Waals surface area contributed by atoms with Crippen LogP contribution in [-0.2, 0) is 16.0 Å². The van der Waals surface area contributed by atoms with E-state index in [4.69, 9.17) is 9.63 Å². The number of hydrogen-bond donors (Lipinski definition) is 1. The second-order valence-corrected chi connectivity index (χ2v) is 5.55. The Morgan fingerprint density at radius 1 is 1.41 bits per heavy atom. The monoisotopic (exact) mass is 323 g/mol. The summed E-state index contributed by atoms with van der Waals surface area (Å²) in [5.74, 6) is -0.0925. The third-order valence-electron chi connectivity index (χ3n) is 3.09. The van der Waals surface area contributed by atoms with Gasteiger partial charge in [-0.15, -0.1) is 11.3 Å². The lowest BCUT2D eigenvalue weighted by molar-refractivity contribution is -0.138. The molecule has 0 unspecified atom stereocenters. The second-order valence-electron chi connectivity index (χ2n) is 4.61. The molecule has 2 aromatic rings. The maximum Gasteiger partial charge on any atom is 0.305 e. The first-order valence-electron chi connectivity index (χ1n) is 6.96. The largest absolute Gasteiger partial charge is 0.481 e. The fourth-order valence-electron chi connectivity index (χ4n) is 1.92. The summed E-state index contributed by atoms with van der Waals surface area (Å²) in [7, 11) is 0. The summed E-state index contributed by atoms with van der Waals surface area (Å²) in [5, 5.41) is 14.5. The third kappa shape index (κ3) is 4.39. The van der Waals surface area contributed by atoms with Gasteiger partial charge in [0.1, 0.15) is 0 Å². The number of amides is 1. The van der Waals surface area contributed by atoms with Crippen molar-refractivity contribution in [1.82, 2.24) is 15.0 Å². The van der Waals surface area contributed by atoms with Gasteiger partial charge in [0.15, 0.2) is 0 Å². The van der Waals surface area contributed by atoms with Gasteiger partial charge in [0, 0.05) is 25.9 Å². The van der Waals surface area contributed by atoms with Gasteiger partial charge in [0.25, 0.3) is 0 Å². The molecule has 2 aromatic heterocycles. The number of carboxylic acid groups (broad SMARTS) is 1. The SMILES string of the molecule is CCN(CCC(=O)O)C(=O)CCc1nc(-c2cccs2)no1. The number of nitrogens with zero attached hydrogens (tertiary/aromatic N) is 3. The molecule has 0 aromatic carbocycles. The van der Waals surface area contributed by atoms with Crippen LogP contribution in [0.1, 0.15) is 25.7 Å². The normalized spacial score (nSPS) is 10.6. The van der Waals surface area contributed by atoms with E-state index in [0.717, 1.165) is 4.88 Å². The third-order valence-corrected chi connectivity index (χ3v) is 3.96. The molecular weight excluding hydrogens is 306 g/mol. The molecule has 1 N–H and O–H groups in total. The Kier molecular flexibility index (Phi) is 5.65. The second kappa shape index (κ2) is 7.69. The average molecular weight is 323 g/mol. The molecule has 0 aliphatic heterocycles. The summed E-state index contributed by atoms with van der Waals surface area (Å²) in [4.78, 5) is 29.3. The van der Waals surface area contributed by atoms with Crippen molar-refractivity contribution in [2.75, 3.05) is 13.1 Å². The van der Waals surface area contributed by atoms with Crippen molar-refractivity contribution < 1.29 is 19.2 Å². The van der Waals surface area contributed by atoms with Crippen LogP contribution in [0.25, 0.3) is 10.7 Å². The minimum Gasteiger partial charge on any atom is -0.481 e. The van der Waals surface area contributed by atoms with Gasteiger partial charge >= 0.3 is 5.97 Å². The summed E-state index contributed by atoms with van der Waals surface area (Å²) >= 11 is 1.52. The van der Waals surface area contributed by atoms with Crippen molar-refractivity contribution in [2.24, 2.45) is 0 Å². The highest BCUT2D eigenvalue weighted by Gasteiger charge is 2.15. The van der Waals surface area contributed by atoms with Crippen LogP contribution in [-0.4, -0.2) is 45.1 Å². The number of aliphatic carboxylic acids is 1. The minimum absolute atomic E-state index is 0.0529. The predicted octanol–water partition coefficient (Wildman–Crippen LogP) is 2.05. The molecule has 0 spiro atoms. The molecule has 0 radical (unpaired) electrons. The highest BCUT2D eigenvalue weighted by atomic mass is 32.1. The van der Waals surface area contributed by atoms with E-state index in [2.05, 4.69) is 10.1 Å².